The van der Waals surface area contributed by atoms with Crippen molar-refractivity contribution in [2.24, 2.45) is 0 Å². The SMILES string of the molecule is CCC(C)(C=O)O[C@@H](CCNC)c1cccs1. The van der Waals surface area contributed by atoms with Gasteiger partial charge in [0.2, 0.25) is 0 Å². The first-order valence-corrected chi connectivity index (χ1v) is 6.85. The summed E-state index contributed by atoms with van der Waals surface area (Å²) < 4.78 is 5.99. The maximum atomic E-state index is 11.1. The second kappa shape index (κ2) is 6.89. The Hall–Kier alpha value is -0.710. The minimum atomic E-state index is -0.678. The molecule has 0 spiro atoms. The van der Waals surface area contributed by atoms with Crippen molar-refractivity contribution in [3.63, 3.8) is 0 Å². The van der Waals surface area contributed by atoms with E-state index in [-0.39, 0.29) is 6.10 Å². The predicted octanol–water partition coefficient (Wildman–Crippen LogP) is 2.78. The molecule has 0 aliphatic heterocycles. The van der Waals surface area contributed by atoms with Gasteiger partial charge >= 0.3 is 0 Å². The summed E-state index contributed by atoms with van der Waals surface area (Å²) in [6.07, 6.45) is 2.48. The van der Waals surface area contributed by atoms with Gasteiger partial charge in [-0.25, -0.2) is 0 Å². The Morgan fingerprint density at radius 2 is 2.41 bits per heavy atom. The van der Waals surface area contributed by atoms with Crippen LogP contribution in [-0.2, 0) is 9.53 Å². The van der Waals surface area contributed by atoms with E-state index >= 15 is 0 Å². The van der Waals surface area contributed by atoms with Crippen molar-refractivity contribution in [2.45, 2.75) is 38.4 Å². The van der Waals surface area contributed by atoms with Crippen molar-refractivity contribution in [3.8, 4) is 0 Å². The number of carbonyl (C=O) groups excluding carboxylic acids is 1. The maximum Gasteiger partial charge on any atom is 0.151 e. The summed E-state index contributed by atoms with van der Waals surface area (Å²) in [6.45, 7) is 4.69. The van der Waals surface area contributed by atoms with E-state index in [1.807, 2.05) is 32.3 Å². The lowest BCUT2D eigenvalue weighted by Gasteiger charge is -2.28. The standard InChI is InChI=1S/C13H21NO2S/c1-4-13(2,10-15)16-11(7-8-14-3)12-6-5-9-17-12/h5-6,9-11,14H,4,7-8H2,1-3H3/t11-,13?/m0/s1. The van der Waals surface area contributed by atoms with Crippen molar-refractivity contribution < 1.29 is 9.53 Å². The molecule has 2 atom stereocenters. The van der Waals surface area contributed by atoms with Crippen LogP contribution >= 0.6 is 11.3 Å². The first kappa shape index (κ1) is 14.4. The molecule has 0 aliphatic carbocycles. The zero-order valence-corrected chi connectivity index (χ0v) is 11.5. The minimum Gasteiger partial charge on any atom is -0.359 e. The van der Waals surface area contributed by atoms with Gasteiger partial charge in [0.1, 0.15) is 5.60 Å². The van der Waals surface area contributed by atoms with Crippen LogP contribution in [0.5, 0.6) is 0 Å². The van der Waals surface area contributed by atoms with Gasteiger partial charge in [0.05, 0.1) is 6.10 Å². The quantitative estimate of drug-likeness (QED) is 0.726. The van der Waals surface area contributed by atoms with Crippen molar-refractivity contribution in [1.29, 1.82) is 0 Å². The van der Waals surface area contributed by atoms with E-state index < -0.39 is 5.60 Å². The molecule has 3 nitrogen and oxygen atoms in total. The van der Waals surface area contributed by atoms with Gasteiger partial charge in [-0.1, -0.05) is 13.0 Å². The Kier molecular flexibility index (Phi) is 5.82. The van der Waals surface area contributed by atoms with E-state index in [9.17, 15) is 4.79 Å². The minimum absolute atomic E-state index is 0.00222. The molecule has 0 saturated carbocycles. The zero-order chi connectivity index (χ0) is 12.7. The van der Waals surface area contributed by atoms with Crippen LogP contribution < -0.4 is 5.32 Å². The highest BCUT2D eigenvalue weighted by atomic mass is 32.1. The number of thiophene rings is 1. The van der Waals surface area contributed by atoms with E-state index in [0.717, 1.165) is 19.3 Å². The predicted molar refractivity (Wildman–Crippen MR) is 71.4 cm³/mol. The number of nitrogens with one attached hydrogen (secondary N) is 1. The Morgan fingerprint density at radius 1 is 1.65 bits per heavy atom. The number of ether oxygens (including phenoxy) is 1. The van der Waals surface area contributed by atoms with Crippen molar-refractivity contribution in [2.75, 3.05) is 13.6 Å². The Morgan fingerprint density at radius 3 is 2.88 bits per heavy atom. The van der Waals surface area contributed by atoms with E-state index in [1.165, 1.54) is 4.88 Å². The largest absolute Gasteiger partial charge is 0.359 e. The summed E-state index contributed by atoms with van der Waals surface area (Å²) in [5.41, 5.74) is -0.678. The van der Waals surface area contributed by atoms with Gasteiger partial charge in [-0.05, 0) is 44.8 Å². The molecule has 96 valence electrons. The lowest BCUT2D eigenvalue weighted by atomic mass is 10.0. The summed E-state index contributed by atoms with van der Waals surface area (Å²) in [5, 5.41) is 5.16. The fourth-order valence-electron chi connectivity index (χ4n) is 1.53. The van der Waals surface area contributed by atoms with Crippen molar-refractivity contribution in [1.82, 2.24) is 5.32 Å². The molecule has 0 fully saturated rings. The molecule has 1 aromatic heterocycles. The summed E-state index contributed by atoms with van der Waals surface area (Å²) in [7, 11) is 1.92. The van der Waals surface area contributed by atoms with Crippen molar-refractivity contribution >= 4 is 17.6 Å². The molecule has 0 aliphatic rings. The lowest BCUT2D eigenvalue weighted by Crippen LogP contribution is -2.32. The molecular weight excluding hydrogens is 234 g/mol. The highest BCUT2D eigenvalue weighted by Crippen LogP contribution is 2.30. The molecule has 0 amide bonds. The Labute approximate surface area is 107 Å². The molecule has 1 heterocycles. The van der Waals surface area contributed by atoms with Crippen LogP contribution in [0.3, 0.4) is 0 Å². The molecule has 1 rings (SSSR count). The van der Waals surface area contributed by atoms with Gasteiger partial charge in [-0.2, -0.15) is 0 Å². The Balaban J connectivity index is 2.73. The smallest absolute Gasteiger partial charge is 0.151 e. The van der Waals surface area contributed by atoms with Crippen LogP contribution in [-0.4, -0.2) is 25.5 Å². The Bertz CT molecular complexity index is 326. The number of hydrogen-bond donors (Lipinski definition) is 1. The van der Waals surface area contributed by atoms with Gasteiger partial charge < -0.3 is 14.8 Å². The fourth-order valence-corrected chi connectivity index (χ4v) is 2.32. The second-order valence-corrected chi connectivity index (χ2v) is 5.28. The summed E-state index contributed by atoms with van der Waals surface area (Å²) in [6, 6.07) is 4.08. The average Bonchev–Trinajstić information content (AvgIpc) is 2.88. The first-order chi connectivity index (χ1) is 8.15. The molecule has 4 heteroatoms. The van der Waals surface area contributed by atoms with Crippen LogP contribution in [0, 0.1) is 0 Å². The van der Waals surface area contributed by atoms with Gasteiger partial charge in [0.25, 0.3) is 0 Å². The van der Waals surface area contributed by atoms with Crippen LogP contribution in [0.1, 0.15) is 37.7 Å². The van der Waals surface area contributed by atoms with Crippen LogP contribution in [0.2, 0.25) is 0 Å². The van der Waals surface area contributed by atoms with E-state index in [1.54, 1.807) is 11.3 Å². The molecule has 1 aromatic rings. The summed E-state index contributed by atoms with van der Waals surface area (Å²) >= 11 is 1.67. The van der Waals surface area contributed by atoms with Gasteiger partial charge in [-0.15, -0.1) is 11.3 Å². The number of aldehydes is 1. The molecule has 1 unspecified atom stereocenters. The molecule has 1 N–H and O–H groups in total. The van der Waals surface area contributed by atoms with Gasteiger partial charge in [0, 0.05) is 4.88 Å². The number of hydrogen-bond acceptors (Lipinski definition) is 4. The highest BCUT2D eigenvalue weighted by Gasteiger charge is 2.27. The second-order valence-electron chi connectivity index (χ2n) is 4.30. The number of rotatable bonds is 8. The third-order valence-electron chi connectivity index (χ3n) is 2.88. The monoisotopic (exact) mass is 255 g/mol. The number of carbonyl (C=O) groups is 1. The third-order valence-corrected chi connectivity index (χ3v) is 3.84. The molecule has 0 saturated heterocycles. The van der Waals surface area contributed by atoms with E-state index in [4.69, 9.17) is 4.74 Å². The molecule has 17 heavy (non-hydrogen) atoms. The molecule has 0 aromatic carbocycles. The van der Waals surface area contributed by atoms with Gasteiger partial charge in [0.15, 0.2) is 6.29 Å². The first-order valence-electron chi connectivity index (χ1n) is 5.97. The lowest BCUT2D eigenvalue weighted by molar-refractivity contribution is -0.138. The highest BCUT2D eigenvalue weighted by molar-refractivity contribution is 7.10. The maximum absolute atomic E-state index is 11.1. The van der Waals surface area contributed by atoms with Gasteiger partial charge in [-0.3, -0.25) is 0 Å². The van der Waals surface area contributed by atoms with E-state index in [2.05, 4.69) is 11.4 Å². The molecule has 0 bridgehead atoms. The van der Waals surface area contributed by atoms with E-state index in [0.29, 0.717) is 6.42 Å². The van der Waals surface area contributed by atoms with Crippen LogP contribution in [0.25, 0.3) is 0 Å². The average molecular weight is 255 g/mol. The molecular formula is C13H21NO2S. The normalized spacial score (nSPS) is 16.4. The van der Waals surface area contributed by atoms with Crippen LogP contribution in [0.15, 0.2) is 17.5 Å². The fraction of sp³-hybridized carbons (Fsp3) is 0.615. The summed E-state index contributed by atoms with van der Waals surface area (Å²) in [4.78, 5) is 12.3. The molecule has 0 radical (unpaired) electrons. The third kappa shape index (κ3) is 4.22. The van der Waals surface area contributed by atoms with Crippen LogP contribution in [0.4, 0.5) is 0 Å². The summed E-state index contributed by atoms with van der Waals surface area (Å²) in [5.74, 6) is 0. The topological polar surface area (TPSA) is 38.3 Å². The van der Waals surface area contributed by atoms with Crippen molar-refractivity contribution in [3.05, 3.63) is 22.4 Å². The zero-order valence-electron chi connectivity index (χ0n) is 10.7.